The summed E-state index contributed by atoms with van der Waals surface area (Å²) in [5, 5.41) is 4.89. The Hall–Kier alpha value is -2.04. The molecule has 0 spiro atoms. The number of carbonyl (C=O) groups is 1. The van der Waals surface area contributed by atoms with Gasteiger partial charge in [0.15, 0.2) is 6.10 Å². The molecule has 2 aromatic rings. The lowest BCUT2D eigenvalue weighted by atomic mass is 10.1. The molecule has 0 heterocycles. The van der Waals surface area contributed by atoms with Crippen LogP contribution in [0.5, 0.6) is 5.75 Å². The van der Waals surface area contributed by atoms with Gasteiger partial charge in [0.1, 0.15) is 5.75 Å². The third-order valence-corrected chi connectivity index (χ3v) is 3.78. The van der Waals surface area contributed by atoms with Gasteiger partial charge in [-0.2, -0.15) is 5.10 Å². The van der Waals surface area contributed by atoms with Crippen molar-refractivity contribution in [3.8, 4) is 5.75 Å². The molecule has 1 N–H and O–H groups in total. The number of benzene rings is 2. The van der Waals surface area contributed by atoms with Crippen LogP contribution in [0.4, 0.5) is 0 Å². The smallest absolute Gasteiger partial charge is 0.280 e. The Morgan fingerprint density at radius 3 is 2.46 bits per heavy atom. The lowest BCUT2D eigenvalue weighted by molar-refractivity contribution is -0.127. The van der Waals surface area contributed by atoms with Crippen LogP contribution in [-0.2, 0) is 4.79 Å². The molecule has 0 radical (unpaired) electrons. The van der Waals surface area contributed by atoms with Crippen molar-refractivity contribution >= 4 is 35.3 Å². The van der Waals surface area contributed by atoms with Crippen LogP contribution in [0.25, 0.3) is 0 Å². The van der Waals surface area contributed by atoms with Gasteiger partial charge >= 0.3 is 0 Å². The zero-order valence-corrected chi connectivity index (χ0v) is 15.2. The summed E-state index contributed by atoms with van der Waals surface area (Å²) < 4.78 is 5.65. The van der Waals surface area contributed by atoms with E-state index in [4.69, 9.17) is 27.9 Å². The molecule has 2 aromatic carbocycles. The summed E-state index contributed by atoms with van der Waals surface area (Å²) in [5.74, 6) is 0.301. The van der Waals surface area contributed by atoms with E-state index in [0.29, 0.717) is 21.4 Å². The summed E-state index contributed by atoms with van der Waals surface area (Å²) in [5.41, 5.74) is 5.25. The van der Waals surface area contributed by atoms with Crippen LogP contribution in [0.3, 0.4) is 0 Å². The molecule has 4 nitrogen and oxygen atoms in total. The van der Waals surface area contributed by atoms with Crippen molar-refractivity contribution in [2.45, 2.75) is 26.9 Å². The van der Waals surface area contributed by atoms with E-state index < -0.39 is 6.10 Å². The summed E-state index contributed by atoms with van der Waals surface area (Å²) in [6.07, 6.45) is 0.782. The highest BCUT2D eigenvalue weighted by Crippen LogP contribution is 2.19. The number of hydrogen-bond acceptors (Lipinski definition) is 3. The minimum Gasteiger partial charge on any atom is -0.481 e. The van der Waals surface area contributed by atoms with E-state index >= 15 is 0 Å². The van der Waals surface area contributed by atoms with Crippen LogP contribution >= 0.6 is 23.2 Å². The molecular weight excluding hydrogens is 347 g/mol. The van der Waals surface area contributed by atoms with E-state index in [1.165, 1.54) is 6.21 Å². The number of hydrogen-bond donors (Lipinski definition) is 1. The number of ether oxygens (including phenoxy) is 1. The van der Waals surface area contributed by atoms with E-state index in [9.17, 15) is 4.79 Å². The minimum absolute atomic E-state index is 0.351. The second-order valence-corrected chi connectivity index (χ2v) is 6.33. The van der Waals surface area contributed by atoms with Crippen molar-refractivity contribution in [1.29, 1.82) is 0 Å². The summed E-state index contributed by atoms with van der Waals surface area (Å²) >= 11 is 11.9. The first-order valence-corrected chi connectivity index (χ1v) is 8.13. The molecule has 0 fully saturated rings. The molecule has 0 aliphatic carbocycles. The highest BCUT2D eigenvalue weighted by Gasteiger charge is 2.14. The van der Waals surface area contributed by atoms with E-state index in [0.717, 1.165) is 11.1 Å². The summed E-state index contributed by atoms with van der Waals surface area (Å²) in [4.78, 5) is 12.0. The zero-order valence-electron chi connectivity index (χ0n) is 13.6. The Kier molecular flexibility index (Phi) is 6.23. The van der Waals surface area contributed by atoms with Gasteiger partial charge in [0, 0.05) is 10.6 Å². The fourth-order valence-electron chi connectivity index (χ4n) is 2.12. The molecule has 1 amide bonds. The maximum Gasteiger partial charge on any atom is 0.280 e. The molecule has 0 aliphatic rings. The van der Waals surface area contributed by atoms with Crippen LogP contribution in [0.2, 0.25) is 10.0 Å². The molecule has 1 unspecified atom stereocenters. The van der Waals surface area contributed by atoms with E-state index in [1.54, 1.807) is 25.1 Å². The first-order chi connectivity index (χ1) is 11.3. The number of nitrogens with zero attached hydrogens (tertiary/aromatic N) is 1. The quantitative estimate of drug-likeness (QED) is 0.625. The monoisotopic (exact) mass is 364 g/mol. The predicted molar refractivity (Wildman–Crippen MR) is 98.2 cm³/mol. The molecule has 6 heteroatoms. The first-order valence-electron chi connectivity index (χ1n) is 7.38. The highest BCUT2D eigenvalue weighted by atomic mass is 35.5. The van der Waals surface area contributed by atoms with E-state index in [-0.39, 0.29) is 5.91 Å². The predicted octanol–water partition coefficient (Wildman–Crippen LogP) is 4.53. The van der Waals surface area contributed by atoms with E-state index in [2.05, 4.69) is 10.5 Å². The molecular formula is C18H18Cl2N2O2. The van der Waals surface area contributed by atoms with Crippen molar-refractivity contribution in [1.82, 2.24) is 5.43 Å². The molecule has 0 bridgehead atoms. The molecule has 0 saturated heterocycles. The highest BCUT2D eigenvalue weighted by molar-refractivity contribution is 6.36. The molecule has 1 atom stereocenters. The Balaban J connectivity index is 1.95. The van der Waals surface area contributed by atoms with Crippen molar-refractivity contribution in [3.05, 3.63) is 63.1 Å². The lowest BCUT2D eigenvalue weighted by Gasteiger charge is -2.14. The van der Waals surface area contributed by atoms with Crippen molar-refractivity contribution in [2.75, 3.05) is 0 Å². The van der Waals surface area contributed by atoms with Gasteiger partial charge in [-0.1, -0.05) is 35.3 Å². The molecule has 0 saturated carbocycles. The van der Waals surface area contributed by atoms with Crippen molar-refractivity contribution in [2.24, 2.45) is 5.10 Å². The third kappa shape index (κ3) is 5.25. The number of aryl methyl sites for hydroxylation is 2. The maximum atomic E-state index is 12.0. The Bertz CT molecular complexity index is 755. The Morgan fingerprint density at radius 2 is 1.83 bits per heavy atom. The average Bonchev–Trinajstić information content (AvgIpc) is 2.48. The van der Waals surface area contributed by atoms with Gasteiger partial charge in [-0.15, -0.1) is 0 Å². The van der Waals surface area contributed by atoms with Gasteiger partial charge in [-0.25, -0.2) is 5.43 Å². The SMILES string of the molecule is Cc1cc(C)cc(OC(C)C(=O)N/N=C/c2ccc(Cl)cc2Cl)c1. The number of rotatable bonds is 5. The van der Waals surface area contributed by atoms with Crippen LogP contribution < -0.4 is 10.2 Å². The lowest BCUT2D eigenvalue weighted by Crippen LogP contribution is -2.33. The number of hydrazone groups is 1. The molecule has 126 valence electrons. The van der Waals surface area contributed by atoms with Crippen molar-refractivity contribution in [3.63, 3.8) is 0 Å². The van der Waals surface area contributed by atoms with Crippen LogP contribution in [-0.4, -0.2) is 18.2 Å². The van der Waals surface area contributed by atoms with Crippen LogP contribution in [0, 0.1) is 13.8 Å². The van der Waals surface area contributed by atoms with Gasteiger partial charge < -0.3 is 4.74 Å². The van der Waals surface area contributed by atoms with E-state index in [1.807, 2.05) is 32.0 Å². The first kappa shape index (κ1) is 18.3. The number of halogens is 2. The standard InChI is InChI=1S/C18H18Cl2N2O2/c1-11-6-12(2)8-16(7-11)24-13(3)18(23)22-21-10-14-4-5-15(19)9-17(14)20/h4-10,13H,1-3H3,(H,22,23)/b21-10+. The van der Waals surface area contributed by atoms with Gasteiger partial charge in [-0.05, 0) is 56.2 Å². The summed E-state index contributed by atoms with van der Waals surface area (Å²) in [6, 6.07) is 10.8. The number of carbonyl (C=O) groups excluding carboxylic acids is 1. The second-order valence-electron chi connectivity index (χ2n) is 5.48. The number of nitrogens with one attached hydrogen (secondary N) is 1. The third-order valence-electron chi connectivity index (χ3n) is 3.22. The second kappa shape index (κ2) is 8.18. The van der Waals surface area contributed by atoms with Crippen LogP contribution in [0.15, 0.2) is 41.5 Å². The average molecular weight is 365 g/mol. The zero-order chi connectivity index (χ0) is 17.7. The van der Waals surface area contributed by atoms with Crippen LogP contribution in [0.1, 0.15) is 23.6 Å². The Morgan fingerprint density at radius 1 is 1.17 bits per heavy atom. The normalized spacial score (nSPS) is 12.2. The van der Waals surface area contributed by atoms with Crippen molar-refractivity contribution < 1.29 is 9.53 Å². The van der Waals surface area contributed by atoms with Gasteiger partial charge in [-0.3, -0.25) is 4.79 Å². The van der Waals surface area contributed by atoms with Gasteiger partial charge in [0.2, 0.25) is 0 Å². The molecule has 0 aliphatic heterocycles. The maximum absolute atomic E-state index is 12.0. The number of amides is 1. The summed E-state index contributed by atoms with van der Waals surface area (Å²) in [6.45, 7) is 5.62. The Labute approximate surface area is 151 Å². The summed E-state index contributed by atoms with van der Waals surface area (Å²) in [7, 11) is 0. The van der Waals surface area contributed by atoms with Gasteiger partial charge in [0.05, 0.1) is 11.2 Å². The fourth-order valence-corrected chi connectivity index (χ4v) is 2.58. The molecule has 2 rings (SSSR count). The topological polar surface area (TPSA) is 50.7 Å². The largest absolute Gasteiger partial charge is 0.481 e. The molecule has 24 heavy (non-hydrogen) atoms. The minimum atomic E-state index is -0.677. The molecule has 0 aromatic heterocycles. The fraction of sp³-hybridized carbons (Fsp3) is 0.222. The van der Waals surface area contributed by atoms with Gasteiger partial charge in [0.25, 0.3) is 5.91 Å².